The molecular formula is C17H18ClF2N3O2. The van der Waals surface area contributed by atoms with Gasteiger partial charge in [-0.05, 0) is 25.1 Å². The predicted octanol–water partition coefficient (Wildman–Crippen LogP) is 3.99. The average molecular weight is 370 g/mol. The van der Waals surface area contributed by atoms with Gasteiger partial charge in [0.1, 0.15) is 17.6 Å². The third-order valence-electron chi connectivity index (χ3n) is 4.03. The first-order chi connectivity index (χ1) is 12.1. The second-order valence-corrected chi connectivity index (χ2v) is 5.92. The van der Waals surface area contributed by atoms with Crippen LogP contribution in [-0.2, 0) is 6.54 Å². The predicted molar refractivity (Wildman–Crippen MR) is 93.9 cm³/mol. The van der Waals surface area contributed by atoms with Crippen LogP contribution in [0.5, 0.6) is 11.5 Å². The lowest BCUT2D eigenvalue weighted by molar-refractivity contribution is 0.183. The Balaban J connectivity index is 1.92. The van der Waals surface area contributed by atoms with Gasteiger partial charge in [-0.15, -0.1) is 0 Å². The van der Waals surface area contributed by atoms with Crippen molar-refractivity contribution in [3.63, 3.8) is 0 Å². The van der Waals surface area contributed by atoms with Crippen LogP contribution in [0.15, 0.2) is 34.4 Å². The van der Waals surface area contributed by atoms with Crippen molar-refractivity contribution in [2.45, 2.75) is 13.5 Å². The molecule has 0 saturated carbocycles. The lowest BCUT2D eigenvalue weighted by Gasteiger charge is -2.24. The number of hydrogen-bond donors (Lipinski definition) is 0. The molecule has 3 rings (SSSR count). The Labute approximate surface area is 149 Å². The lowest BCUT2D eigenvalue weighted by Crippen LogP contribution is -2.27. The van der Waals surface area contributed by atoms with Crippen molar-refractivity contribution in [3.05, 3.63) is 35.1 Å². The minimum atomic E-state index is -0.978. The zero-order valence-corrected chi connectivity index (χ0v) is 14.5. The van der Waals surface area contributed by atoms with Crippen molar-refractivity contribution in [3.8, 4) is 11.5 Å². The van der Waals surface area contributed by atoms with Gasteiger partial charge in [0.2, 0.25) is 13.7 Å². The molecule has 0 N–H and O–H groups in total. The molecule has 2 aromatic rings. The van der Waals surface area contributed by atoms with E-state index in [1.807, 2.05) is 22.5 Å². The molecule has 1 aliphatic heterocycles. The first kappa shape index (κ1) is 17.5. The Hall–Kier alpha value is -2.28. The van der Waals surface area contributed by atoms with Crippen LogP contribution in [-0.4, -0.2) is 42.6 Å². The van der Waals surface area contributed by atoms with Crippen molar-refractivity contribution in [2.75, 3.05) is 26.9 Å². The van der Waals surface area contributed by atoms with E-state index in [1.165, 1.54) is 6.07 Å². The molecule has 0 fully saturated rings. The van der Waals surface area contributed by atoms with Gasteiger partial charge in [-0.25, -0.2) is 8.78 Å². The lowest BCUT2D eigenvalue weighted by atomic mass is 10.2. The van der Waals surface area contributed by atoms with Crippen molar-refractivity contribution >= 4 is 28.7 Å². The van der Waals surface area contributed by atoms with E-state index in [1.54, 1.807) is 18.4 Å². The van der Waals surface area contributed by atoms with E-state index in [0.717, 1.165) is 16.6 Å². The minimum Gasteiger partial charge on any atom is -0.463 e. The van der Waals surface area contributed by atoms with Crippen LogP contribution < -0.4 is 9.47 Å². The maximum Gasteiger partial charge on any atom is 0.228 e. The standard InChI is InChI=1S/C17H18ClF2N3O2/c1-12-6-13-7-14(24-9-19)8-15(25-10-20)17(13)23(12)5-4-22-11-21-3-2-16(22)18/h2-3,6-8H,4-5,9-11H2,1H3. The highest BCUT2D eigenvalue weighted by atomic mass is 35.5. The molecule has 1 aromatic heterocycles. The molecule has 0 radical (unpaired) electrons. The minimum absolute atomic E-state index is 0.298. The Kier molecular flexibility index (Phi) is 5.43. The molecule has 0 amide bonds. The zero-order chi connectivity index (χ0) is 17.8. The number of aliphatic imine (C=N–C) groups is 1. The molecule has 0 saturated heterocycles. The monoisotopic (exact) mass is 369 g/mol. The number of nitrogens with zero attached hydrogens (tertiary/aromatic N) is 3. The topological polar surface area (TPSA) is 39.0 Å². The number of rotatable bonds is 7. The summed E-state index contributed by atoms with van der Waals surface area (Å²) in [5.74, 6) is 0.613. The first-order valence-corrected chi connectivity index (χ1v) is 8.14. The molecule has 0 spiro atoms. The molecule has 0 unspecified atom stereocenters. The van der Waals surface area contributed by atoms with Crippen LogP contribution in [0.3, 0.4) is 0 Å². The van der Waals surface area contributed by atoms with Crippen molar-refractivity contribution in [1.29, 1.82) is 0 Å². The summed E-state index contributed by atoms with van der Waals surface area (Å²) in [6.07, 6.45) is 3.42. The second kappa shape index (κ2) is 7.74. The quantitative estimate of drug-likeness (QED) is 0.693. The normalized spacial score (nSPS) is 14.1. The number of aryl methyl sites for hydroxylation is 1. The summed E-state index contributed by atoms with van der Waals surface area (Å²) in [7, 11) is 0. The van der Waals surface area contributed by atoms with Gasteiger partial charge in [-0.3, -0.25) is 4.99 Å². The van der Waals surface area contributed by atoms with Gasteiger partial charge in [0.25, 0.3) is 0 Å². The van der Waals surface area contributed by atoms with Crippen molar-refractivity contribution in [1.82, 2.24) is 9.47 Å². The molecular weight excluding hydrogens is 352 g/mol. The fraction of sp³-hybridized carbons (Fsp3) is 0.353. The molecule has 134 valence electrons. The average Bonchev–Trinajstić information content (AvgIpc) is 2.90. The van der Waals surface area contributed by atoms with Gasteiger partial charge in [0, 0.05) is 36.5 Å². The van der Waals surface area contributed by atoms with E-state index < -0.39 is 13.7 Å². The highest BCUT2D eigenvalue weighted by Gasteiger charge is 2.16. The van der Waals surface area contributed by atoms with E-state index in [9.17, 15) is 8.78 Å². The summed E-state index contributed by atoms with van der Waals surface area (Å²) < 4.78 is 37.3. The van der Waals surface area contributed by atoms with Crippen LogP contribution in [0, 0.1) is 6.92 Å². The van der Waals surface area contributed by atoms with E-state index >= 15 is 0 Å². The smallest absolute Gasteiger partial charge is 0.228 e. The summed E-state index contributed by atoms with van der Waals surface area (Å²) in [5, 5.41) is 1.42. The third kappa shape index (κ3) is 3.71. The highest BCUT2D eigenvalue weighted by molar-refractivity contribution is 6.30. The zero-order valence-electron chi connectivity index (χ0n) is 13.7. The molecule has 1 aromatic carbocycles. The number of hydrogen-bond acceptors (Lipinski definition) is 4. The molecule has 0 aliphatic carbocycles. The molecule has 5 nitrogen and oxygen atoms in total. The van der Waals surface area contributed by atoms with Gasteiger partial charge in [-0.1, -0.05) is 11.6 Å². The number of ether oxygens (including phenoxy) is 2. The molecule has 8 heteroatoms. The summed E-state index contributed by atoms with van der Waals surface area (Å²) in [6.45, 7) is 1.75. The first-order valence-electron chi connectivity index (χ1n) is 7.76. The van der Waals surface area contributed by atoms with Gasteiger partial charge in [-0.2, -0.15) is 0 Å². The van der Waals surface area contributed by atoms with Crippen LogP contribution in [0.4, 0.5) is 8.78 Å². The second-order valence-electron chi connectivity index (χ2n) is 5.53. The summed E-state index contributed by atoms with van der Waals surface area (Å²) in [6, 6.07) is 5.13. The highest BCUT2D eigenvalue weighted by Crippen LogP contribution is 2.34. The van der Waals surface area contributed by atoms with E-state index in [-0.39, 0.29) is 0 Å². The summed E-state index contributed by atoms with van der Waals surface area (Å²) >= 11 is 6.18. The van der Waals surface area contributed by atoms with Gasteiger partial charge in [0.05, 0.1) is 5.52 Å². The molecule has 25 heavy (non-hydrogen) atoms. The van der Waals surface area contributed by atoms with Crippen LogP contribution >= 0.6 is 11.6 Å². The maximum absolute atomic E-state index is 12.8. The Morgan fingerprint density at radius 3 is 2.68 bits per heavy atom. The SMILES string of the molecule is Cc1cc2cc(OCF)cc(OCF)c2n1CCN1CN=CC=C1Cl. The molecule has 0 atom stereocenters. The summed E-state index contributed by atoms with van der Waals surface area (Å²) in [4.78, 5) is 6.11. The molecule has 1 aliphatic rings. The van der Waals surface area contributed by atoms with Gasteiger partial charge >= 0.3 is 0 Å². The Bertz CT molecular complexity index is 820. The Morgan fingerprint density at radius 1 is 1.16 bits per heavy atom. The number of benzene rings is 1. The van der Waals surface area contributed by atoms with Crippen LogP contribution in [0.2, 0.25) is 0 Å². The van der Waals surface area contributed by atoms with Crippen LogP contribution in [0.25, 0.3) is 10.9 Å². The molecule has 0 bridgehead atoms. The van der Waals surface area contributed by atoms with Crippen LogP contribution in [0.1, 0.15) is 5.69 Å². The maximum atomic E-state index is 12.8. The number of fused-ring (bicyclic) bond motifs is 1. The fourth-order valence-electron chi connectivity index (χ4n) is 2.92. The summed E-state index contributed by atoms with van der Waals surface area (Å²) in [5.41, 5.74) is 1.71. The van der Waals surface area contributed by atoms with E-state index in [2.05, 4.69) is 4.99 Å². The van der Waals surface area contributed by atoms with Crippen molar-refractivity contribution < 1.29 is 18.3 Å². The number of aromatic nitrogens is 1. The fourth-order valence-corrected chi connectivity index (χ4v) is 3.11. The number of allylic oxidation sites excluding steroid dienone is 1. The van der Waals surface area contributed by atoms with E-state index in [4.69, 9.17) is 21.1 Å². The van der Waals surface area contributed by atoms with Gasteiger partial charge in [0.15, 0.2) is 5.75 Å². The largest absolute Gasteiger partial charge is 0.463 e. The Morgan fingerprint density at radius 2 is 1.96 bits per heavy atom. The molecule has 2 heterocycles. The third-order valence-corrected chi connectivity index (χ3v) is 4.40. The van der Waals surface area contributed by atoms with E-state index in [0.29, 0.717) is 36.4 Å². The van der Waals surface area contributed by atoms with Gasteiger partial charge < -0.3 is 18.9 Å². The number of alkyl halides is 2. The number of halogens is 3. The van der Waals surface area contributed by atoms with Crippen molar-refractivity contribution in [2.24, 2.45) is 4.99 Å².